The molecule has 0 aliphatic rings. The quantitative estimate of drug-likeness (QED) is 0.703. The lowest BCUT2D eigenvalue weighted by molar-refractivity contribution is 0.144. The van der Waals surface area contributed by atoms with Gasteiger partial charge in [0.25, 0.3) is 0 Å². The van der Waals surface area contributed by atoms with E-state index in [0.717, 1.165) is 32.7 Å². The van der Waals surface area contributed by atoms with Crippen LogP contribution in [0.5, 0.6) is 5.75 Å². The molecule has 0 saturated carbocycles. The molecule has 0 fully saturated rings. The predicted molar refractivity (Wildman–Crippen MR) is 70.9 cm³/mol. The Kier molecular flexibility index (Phi) is 7.73. The van der Waals surface area contributed by atoms with Crippen molar-refractivity contribution in [2.75, 3.05) is 32.9 Å². The molecule has 5 heteroatoms. The van der Waals surface area contributed by atoms with Crippen LogP contribution in [0.1, 0.15) is 13.3 Å². The molecule has 0 heterocycles. The van der Waals surface area contributed by atoms with Gasteiger partial charge in [0.15, 0.2) is 0 Å². The lowest BCUT2D eigenvalue weighted by Crippen LogP contribution is -2.23. The van der Waals surface area contributed by atoms with Gasteiger partial charge in [0.05, 0.1) is 5.02 Å². The average molecular weight is 276 g/mol. The first-order valence-electron chi connectivity index (χ1n) is 6.10. The van der Waals surface area contributed by atoms with E-state index in [1.54, 1.807) is 6.07 Å². The van der Waals surface area contributed by atoms with Crippen molar-refractivity contribution in [2.45, 2.75) is 13.3 Å². The van der Waals surface area contributed by atoms with E-state index >= 15 is 0 Å². The minimum absolute atomic E-state index is 0.0807. The van der Waals surface area contributed by atoms with E-state index in [-0.39, 0.29) is 5.02 Å². The first-order chi connectivity index (χ1) is 8.74. The highest BCUT2D eigenvalue weighted by Crippen LogP contribution is 2.20. The summed E-state index contributed by atoms with van der Waals surface area (Å²) in [5.41, 5.74) is 0. The van der Waals surface area contributed by atoms with Crippen LogP contribution in [0.25, 0.3) is 0 Å². The first kappa shape index (κ1) is 15.2. The zero-order chi connectivity index (χ0) is 13.2. The van der Waals surface area contributed by atoms with Crippen LogP contribution in [0.4, 0.5) is 4.39 Å². The van der Waals surface area contributed by atoms with Gasteiger partial charge in [-0.1, -0.05) is 11.6 Å². The minimum atomic E-state index is -0.432. The third-order valence-electron chi connectivity index (χ3n) is 2.28. The highest BCUT2D eigenvalue weighted by molar-refractivity contribution is 6.30. The Bertz CT molecular complexity index is 350. The molecular weight excluding hydrogens is 257 g/mol. The summed E-state index contributed by atoms with van der Waals surface area (Å²) in [6, 6.07) is 4.34. The number of nitrogens with one attached hydrogen (secondary N) is 1. The number of benzene rings is 1. The molecule has 3 nitrogen and oxygen atoms in total. The van der Waals surface area contributed by atoms with Gasteiger partial charge < -0.3 is 14.8 Å². The summed E-state index contributed by atoms with van der Waals surface area (Å²) in [6.07, 6.45) is 0.982. The molecule has 0 radical (unpaired) electrons. The van der Waals surface area contributed by atoms with E-state index < -0.39 is 5.82 Å². The number of rotatable bonds is 9. The normalized spacial score (nSPS) is 10.6. The molecule has 0 spiro atoms. The molecular formula is C13H19ClFNO2. The number of hydrogen-bond donors (Lipinski definition) is 1. The van der Waals surface area contributed by atoms with Crippen molar-refractivity contribution in [3.8, 4) is 5.75 Å². The van der Waals surface area contributed by atoms with Crippen molar-refractivity contribution in [1.82, 2.24) is 5.32 Å². The van der Waals surface area contributed by atoms with Crippen LogP contribution >= 0.6 is 11.6 Å². The zero-order valence-corrected chi connectivity index (χ0v) is 11.3. The van der Waals surface area contributed by atoms with Crippen LogP contribution in [0.2, 0.25) is 5.02 Å². The van der Waals surface area contributed by atoms with Crippen molar-refractivity contribution in [1.29, 1.82) is 0 Å². The molecule has 0 saturated heterocycles. The third kappa shape index (κ3) is 6.19. The highest BCUT2D eigenvalue weighted by atomic mass is 35.5. The summed E-state index contributed by atoms with van der Waals surface area (Å²) in [5, 5.41) is 3.31. The summed E-state index contributed by atoms with van der Waals surface area (Å²) in [4.78, 5) is 0. The summed E-state index contributed by atoms with van der Waals surface area (Å²) in [7, 11) is 0. The number of hydrogen-bond acceptors (Lipinski definition) is 3. The fraction of sp³-hybridized carbons (Fsp3) is 0.538. The summed E-state index contributed by atoms with van der Waals surface area (Å²) >= 11 is 5.64. The van der Waals surface area contributed by atoms with E-state index in [4.69, 9.17) is 21.1 Å². The Morgan fingerprint density at radius 3 is 2.83 bits per heavy atom. The Balaban J connectivity index is 2.05. The topological polar surface area (TPSA) is 30.5 Å². The van der Waals surface area contributed by atoms with Gasteiger partial charge in [0.2, 0.25) is 0 Å². The summed E-state index contributed by atoms with van der Waals surface area (Å²) in [5.74, 6) is 0.149. The van der Waals surface area contributed by atoms with Gasteiger partial charge in [-0.15, -0.1) is 0 Å². The summed E-state index contributed by atoms with van der Waals surface area (Å²) < 4.78 is 23.5. The average Bonchev–Trinajstić information content (AvgIpc) is 2.37. The van der Waals surface area contributed by atoms with Gasteiger partial charge in [0, 0.05) is 25.8 Å². The highest BCUT2D eigenvalue weighted by Gasteiger charge is 2.01. The van der Waals surface area contributed by atoms with E-state index in [0.29, 0.717) is 12.4 Å². The van der Waals surface area contributed by atoms with E-state index in [9.17, 15) is 4.39 Å². The molecule has 1 rings (SSSR count). The molecule has 0 bridgehead atoms. The first-order valence-corrected chi connectivity index (χ1v) is 6.48. The maximum absolute atomic E-state index is 12.9. The molecule has 0 atom stereocenters. The largest absolute Gasteiger partial charge is 0.492 e. The van der Waals surface area contributed by atoms with Crippen LogP contribution in [-0.4, -0.2) is 32.9 Å². The molecule has 102 valence electrons. The maximum atomic E-state index is 12.9. The fourth-order valence-corrected chi connectivity index (χ4v) is 1.55. The molecule has 1 N–H and O–H groups in total. The third-order valence-corrected chi connectivity index (χ3v) is 2.57. The van der Waals surface area contributed by atoms with E-state index in [1.165, 1.54) is 12.1 Å². The minimum Gasteiger partial charge on any atom is -0.492 e. The molecule has 0 aliphatic carbocycles. The lowest BCUT2D eigenvalue weighted by Gasteiger charge is -2.08. The van der Waals surface area contributed by atoms with E-state index in [2.05, 4.69) is 5.32 Å². The maximum Gasteiger partial charge on any atom is 0.142 e. The fourth-order valence-electron chi connectivity index (χ4n) is 1.38. The Labute approximate surface area is 112 Å². The van der Waals surface area contributed by atoms with Gasteiger partial charge in [0.1, 0.15) is 18.2 Å². The second-order valence-electron chi connectivity index (χ2n) is 3.72. The standard InChI is InChI=1S/C13H19ClFNO2/c1-2-17-8-3-6-16-7-9-18-11-4-5-13(15)12(14)10-11/h4-5,10,16H,2-3,6-9H2,1H3. The smallest absolute Gasteiger partial charge is 0.142 e. The van der Waals surface area contributed by atoms with E-state index in [1.807, 2.05) is 6.92 Å². The Hall–Kier alpha value is -0.840. The molecule has 0 aliphatic heterocycles. The van der Waals surface area contributed by atoms with Gasteiger partial charge in [-0.2, -0.15) is 0 Å². The molecule has 0 aromatic heterocycles. The molecule has 18 heavy (non-hydrogen) atoms. The van der Waals surface area contributed by atoms with Crippen molar-refractivity contribution in [3.63, 3.8) is 0 Å². The van der Waals surface area contributed by atoms with Crippen LogP contribution in [0.15, 0.2) is 18.2 Å². The van der Waals surface area contributed by atoms with Crippen molar-refractivity contribution in [2.24, 2.45) is 0 Å². The van der Waals surface area contributed by atoms with Gasteiger partial charge in [-0.05, 0) is 32.0 Å². The van der Waals surface area contributed by atoms with Gasteiger partial charge in [-0.3, -0.25) is 0 Å². The van der Waals surface area contributed by atoms with Crippen LogP contribution < -0.4 is 10.1 Å². The van der Waals surface area contributed by atoms with Crippen molar-refractivity contribution < 1.29 is 13.9 Å². The molecule has 0 amide bonds. The monoisotopic (exact) mass is 275 g/mol. The number of halogens is 2. The molecule has 1 aromatic carbocycles. The Morgan fingerprint density at radius 1 is 1.28 bits per heavy atom. The number of ether oxygens (including phenoxy) is 2. The lowest BCUT2D eigenvalue weighted by atomic mass is 10.3. The second kappa shape index (κ2) is 9.14. The van der Waals surface area contributed by atoms with Crippen molar-refractivity contribution in [3.05, 3.63) is 29.0 Å². The predicted octanol–water partition coefficient (Wildman–Crippen LogP) is 2.87. The van der Waals surface area contributed by atoms with Crippen LogP contribution in [0.3, 0.4) is 0 Å². The molecule has 1 aromatic rings. The Morgan fingerprint density at radius 2 is 2.11 bits per heavy atom. The van der Waals surface area contributed by atoms with Crippen molar-refractivity contribution >= 4 is 11.6 Å². The summed E-state index contributed by atoms with van der Waals surface area (Å²) in [6.45, 7) is 5.67. The SMILES string of the molecule is CCOCCCNCCOc1ccc(F)c(Cl)c1. The van der Waals surface area contributed by atoms with Gasteiger partial charge in [-0.25, -0.2) is 4.39 Å². The second-order valence-corrected chi connectivity index (χ2v) is 4.13. The van der Waals surface area contributed by atoms with Crippen LogP contribution in [0, 0.1) is 5.82 Å². The zero-order valence-electron chi connectivity index (χ0n) is 10.5. The molecule has 0 unspecified atom stereocenters. The van der Waals surface area contributed by atoms with Crippen LogP contribution in [-0.2, 0) is 4.74 Å². The van der Waals surface area contributed by atoms with Gasteiger partial charge >= 0.3 is 0 Å².